The van der Waals surface area contributed by atoms with Gasteiger partial charge in [-0.1, -0.05) is 12.2 Å². The van der Waals surface area contributed by atoms with E-state index < -0.39 is 5.97 Å². The first kappa shape index (κ1) is 11.2. The summed E-state index contributed by atoms with van der Waals surface area (Å²) in [7, 11) is 0. The lowest BCUT2D eigenvalue weighted by molar-refractivity contribution is -0.142. The van der Waals surface area contributed by atoms with E-state index in [1.807, 2.05) is 0 Å². The maximum absolute atomic E-state index is 12.4. The highest BCUT2D eigenvalue weighted by Crippen LogP contribution is 2.65. The smallest absolute Gasteiger partial charge is 0.305 e. The number of rotatable bonds is 3. The van der Waals surface area contributed by atoms with Crippen LogP contribution in [0.5, 0.6) is 0 Å². The van der Waals surface area contributed by atoms with Gasteiger partial charge in [0, 0.05) is 6.54 Å². The zero-order valence-corrected chi connectivity index (χ0v) is 10.4. The van der Waals surface area contributed by atoms with Crippen LogP contribution in [-0.4, -0.2) is 34.3 Å². The second-order valence-corrected chi connectivity index (χ2v) is 6.13. The normalized spacial score (nSPS) is 45.4. The summed E-state index contributed by atoms with van der Waals surface area (Å²) >= 11 is 0. The van der Waals surface area contributed by atoms with Gasteiger partial charge in [-0.25, -0.2) is 0 Å². The van der Waals surface area contributed by atoms with Gasteiger partial charge in [0.15, 0.2) is 0 Å². The van der Waals surface area contributed by atoms with Crippen molar-refractivity contribution in [3.8, 4) is 0 Å². The number of imide groups is 1. The van der Waals surface area contributed by atoms with Crippen LogP contribution in [0.15, 0.2) is 12.2 Å². The van der Waals surface area contributed by atoms with Crippen molar-refractivity contribution in [2.45, 2.75) is 12.8 Å². The fraction of sp³-hybridized carbons (Fsp3) is 0.643. The number of carbonyl (C=O) groups excluding carboxylic acids is 2. The molecule has 1 heterocycles. The third kappa shape index (κ3) is 1.33. The Morgan fingerprint density at radius 1 is 1.16 bits per heavy atom. The highest BCUT2D eigenvalue weighted by atomic mass is 16.4. The molecule has 1 aliphatic heterocycles. The first-order valence-electron chi connectivity index (χ1n) is 6.85. The van der Waals surface area contributed by atoms with Crippen molar-refractivity contribution < 1.29 is 19.5 Å². The second-order valence-electron chi connectivity index (χ2n) is 6.13. The van der Waals surface area contributed by atoms with Crippen LogP contribution in [0.3, 0.4) is 0 Å². The molecule has 0 unspecified atom stereocenters. The van der Waals surface area contributed by atoms with Crippen molar-refractivity contribution in [1.29, 1.82) is 0 Å². The topological polar surface area (TPSA) is 74.7 Å². The summed E-state index contributed by atoms with van der Waals surface area (Å²) < 4.78 is 0. The molecule has 3 fully saturated rings. The van der Waals surface area contributed by atoms with Gasteiger partial charge < -0.3 is 5.11 Å². The average Bonchev–Trinajstić information content (AvgIpc) is 3.14. The van der Waals surface area contributed by atoms with E-state index in [4.69, 9.17) is 5.11 Å². The van der Waals surface area contributed by atoms with Crippen molar-refractivity contribution >= 4 is 17.8 Å². The Hall–Kier alpha value is -1.65. The zero-order valence-electron chi connectivity index (χ0n) is 10.4. The van der Waals surface area contributed by atoms with Crippen LogP contribution < -0.4 is 0 Å². The molecule has 6 atom stereocenters. The SMILES string of the molecule is O=C(O)CCN1C(=O)[C@@H]2[C@@H]3C=C[C@H]([C@@H]4C[C@H]34)[C@H]2C1=O. The molecule has 2 bridgehead atoms. The van der Waals surface area contributed by atoms with E-state index in [0.717, 1.165) is 6.42 Å². The van der Waals surface area contributed by atoms with Gasteiger partial charge in [-0.2, -0.15) is 0 Å². The molecule has 0 spiro atoms. The maximum atomic E-state index is 12.4. The van der Waals surface area contributed by atoms with Crippen molar-refractivity contribution in [2.24, 2.45) is 35.5 Å². The second kappa shape index (κ2) is 3.46. The molecule has 2 saturated carbocycles. The summed E-state index contributed by atoms with van der Waals surface area (Å²) in [5, 5.41) is 8.71. The molecule has 0 aromatic carbocycles. The summed E-state index contributed by atoms with van der Waals surface area (Å²) in [4.78, 5) is 36.6. The number of likely N-dealkylation sites (tertiary alicyclic amines) is 1. The van der Waals surface area contributed by atoms with Gasteiger partial charge in [-0.15, -0.1) is 0 Å². The molecule has 1 N–H and O–H groups in total. The zero-order chi connectivity index (χ0) is 13.3. The fourth-order valence-corrected chi connectivity index (χ4v) is 4.45. The van der Waals surface area contributed by atoms with Crippen LogP contribution in [0.25, 0.3) is 0 Å². The predicted molar refractivity (Wildman–Crippen MR) is 63.7 cm³/mol. The first-order valence-corrected chi connectivity index (χ1v) is 6.85. The number of nitrogens with zero attached hydrogens (tertiary/aromatic N) is 1. The van der Waals surface area contributed by atoms with E-state index in [2.05, 4.69) is 12.2 Å². The van der Waals surface area contributed by atoms with Crippen molar-refractivity contribution in [2.75, 3.05) is 6.54 Å². The van der Waals surface area contributed by atoms with Gasteiger partial charge in [0.05, 0.1) is 18.3 Å². The molecule has 1 saturated heterocycles. The molecule has 5 heteroatoms. The first-order chi connectivity index (χ1) is 9.09. The summed E-state index contributed by atoms with van der Waals surface area (Å²) in [6.07, 6.45) is 5.22. The lowest BCUT2D eigenvalue weighted by atomic mass is 9.63. The highest BCUT2D eigenvalue weighted by molar-refractivity contribution is 6.06. The average molecular weight is 261 g/mol. The van der Waals surface area contributed by atoms with Crippen molar-refractivity contribution in [3.05, 3.63) is 12.2 Å². The standard InChI is InChI=1S/C14H15NO4/c16-10(17)3-4-15-13(18)11-6-1-2-7(9-5-8(6)9)12(11)14(15)19/h1-2,6-9,11-12H,3-5H2,(H,16,17)/t6-,7-,8-,9+,11-,12-/m1/s1. The Morgan fingerprint density at radius 2 is 1.68 bits per heavy atom. The third-order valence-electron chi connectivity index (χ3n) is 5.30. The van der Waals surface area contributed by atoms with Crippen LogP contribution >= 0.6 is 0 Å². The molecule has 5 aliphatic rings. The number of carboxylic acids is 1. The summed E-state index contributed by atoms with van der Waals surface area (Å²) in [5.74, 6) is -0.0567. The monoisotopic (exact) mass is 261 g/mol. The lowest BCUT2D eigenvalue weighted by Crippen LogP contribution is -2.40. The number of hydrogen-bond acceptors (Lipinski definition) is 3. The van der Waals surface area contributed by atoms with Gasteiger partial charge in [-0.05, 0) is 30.1 Å². The molecular weight excluding hydrogens is 246 g/mol. The Kier molecular flexibility index (Phi) is 2.04. The van der Waals surface area contributed by atoms with E-state index in [1.165, 1.54) is 4.90 Å². The van der Waals surface area contributed by atoms with Gasteiger partial charge in [0.2, 0.25) is 11.8 Å². The van der Waals surface area contributed by atoms with Crippen LogP contribution in [-0.2, 0) is 14.4 Å². The van der Waals surface area contributed by atoms with Crippen LogP contribution in [0.4, 0.5) is 0 Å². The van der Waals surface area contributed by atoms with E-state index in [-0.39, 0.29) is 48.5 Å². The lowest BCUT2D eigenvalue weighted by Gasteiger charge is -2.37. The summed E-state index contributed by atoms with van der Waals surface area (Å²) in [6, 6.07) is 0. The van der Waals surface area contributed by atoms with E-state index in [9.17, 15) is 14.4 Å². The fourth-order valence-electron chi connectivity index (χ4n) is 4.45. The molecule has 5 nitrogen and oxygen atoms in total. The van der Waals surface area contributed by atoms with Crippen molar-refractivity contribution in [1.82, 2.24) is 4.90 Å². The molecule has 0 aromatic heterocycles. The number of carboxylic acid groups (broad SMARTS) is 1. The van der Waals surface area contributed by atoms with E-state index >= 15 is 0 Å². The minimum Gasteiger partial charge on any atom is -0.481 e. The number of hydrogen-bond donors (Lipinski definition) is 1. The van der Waals surface area contributed by atoms with Crippen molar-refractivity contribution in [3.63, 3.8) is 0 Å². The van der Waals surface area contributed by atoms with Crippen LogP contribution in [0.2, 0.25) is 0 Å². The van der Waals surface area contributed by atoms with E-state index in [1.54, 1.807) is 0 Å². The summed E-state index contributed by atoms with van der Waals surface area (Å²) in [5.41, 5.74) is 0. The summed E-state index contributed by atoms with van der Waals surface area (Å²) in [6.45, 7) is 0.0226. The van der Waals surface area contributed by atoms with Gasteiger partial charge in [0.25, 0.3) is 0 Å². The van der Waals surface area contributed by atoms with Gasteiger partial charge in [-0.3, -0.25) is 19.3 Å². The highest BCUT2D eigenvalue weighted by Gasteiger charge is 2.66. The van der Waals surface area contributed by atoms with Gasteiger partial charge in [0.1, 0.15) is 0 Å². The number of allylic oxidation sites excluding steroid dienone is 2. The molecule has 100 valence electrons. The molecule has 19 heavy (non-hydrogen) atoms. The predicted octanol–water partition coefficient (Wildman–Crippen LogP) is 0.514. The molecule has 0 radical (unpaired) electrons. The van der Waals surface area contributed by atoms with E-state index in [0.29, 0.717) is 11.8 Å². The van der Waals surface area contributed by atoms with Crippen LogP contribution in [0, 0.1) is 35.5 Å². The Bertz CT molecular complexity index is 490. The minimum absolute atomic E-state index is 0.0226. The molecule has 5 rings (SSSR count). The quantitative estimate of drug-likeness (QED) is 0.593. The Morgan fingerprint density at radius 3 is 2.16 bits per heavy atom. The molecular formula is C14H15NO4. The molecule has 4 aliphatic carbocycles. The molecule has 0 aromatic rings. The Labute approximate surface area is 110 Å². The minimum atomic E-state index is -0.973. The number of carbonyl (C=O) groups is 3. The van der Waals surface area contributed by atoms with Crippen LogP contribution in [0.1, 0.15) is 12.8 Å². The van der Waals surface area contributed by atoms with Gasteiger partial charge >= 0.3 is 5.97 Å². The largest absolute Gasteiger partial charge is 0.481 e. The third-order valence-corrected chi connectivity index (χ3v) is 5.30. The number of amides is 2. The Balaban J connectivity index is 1.63. The maximum Gasteiger partial charge on any atom is 0.305 e. The molecule has 2 amide bonds. The number of aliphatic carboxylic acids is 1.